The van der Waals surface area contributed by atoms with Gasteiger partial charge in [0.2, 0.25) is 0 Å². The summed E-state index contributed by atoms with van der Waals surface area (Å²) in [5.74, 6) is 0. The number of para-hydroxylation sites is 1. The Kier molecular flexibility index (Phi) is 2.98. The summed E-state index contributed by atoms with van der Waals surface area (Å²) in [6.45, 7) is 1.12. The summed E-state index contributed by atoms with van der Waals surface area (Å²) in [7, 11) is 0. The lowest BCUT2D eigenvalue weighted by atomic mass is 9.69. The Morgan fingerprint density at radius 1 is 1.05 bits per heavy atom. The van der Waals surface area contributed by atoms with Gasteiger partial charge in [-0.2, -0.15) is 0 Å². The zero-order chi connectivity index (χ0) is 14.3. The predicted octanol–water partition coefficient (Wildman–Crippen LogP) is 2.45. The van der Waals surface area contributed by atoms with Gasteiger partial charge in [-0.15, -0.1) is 0 Å². The number of nitrogens with one attached hydrogen (secondary N) is 2. The molecule has 0 saturated carbocycles. The minimum Gasteiger partial charge on any atom is -0.395 e. The van der Waals surface area contributed by atoms with Crippen LogP contribution in [0.15, 0.2) is 54.6 Å². The summed E-state index contributed by atoms with van der Waals surface area (Å²) >= 11 is 0. The maximum absolute atomic E-state index is 9.89. The van der Waals surface area contributed by atoms with Crippen LogP contribution in [-0.2, 0) is 5.41 Å². The van der Waals surface area contributed by atoms with Crippen molar-refractivity contribution in [2.24, 2.45) is 0 Å². The molecule has 0 radical (unpaired) electrons. The maximum atomic E-state index is 9.89. The first-order valence-corrected chi connectivity index (χ1v) is 7.61. The minimum absolute atomic E-state index is 0.0628. The third-order valence-corrected chi connectivity index (χ3v) is 5.11. The van der Waals surface area contributed by atoms with Crippen LogP contribution in [0.3, 0.4) is 0 Å². The molecule has 2 aliphatic heterocycles. The summed E-state index contributed by atoms with van der Waals surface area (Å²) in [5.41, 5.74) is 3.76. The Bertz CT molecular complexity index is 643. The Labute approximate surface area is 125 Å². The zero-order valence-corrected chi connectivity index (χ0v) is 11.9. The molecule has 0 unspecified atom stereocenters. The van der Waals surface area contributed by atoms with Crippen molar-refractivity contribution in [2.75, 3.05) is 18.5 Å². The topological polar surface area (TPSA) is 44.3 Å². The molecule has 0 aliphatic carbocycles. The van der Waals surface area contributed by atoms with E-state index in [-0.39, 0.29) is 24.1 Å². The summed E-state index contributed by atoms with van der Waals surface area (Å²) in [6, 6.07) is 19.4. The normalized spacial score (nSPS) is 30.3. The smallest absolute Gasteiger partial charge is 0.0627 e. The summed E-state index contributed by atoms with van der Waals surface area (Å²) in [6.07, 6.45) is 1.04. The molecule has 3 heteroatoms. The van der Waals surface area contributed by atoms with E-state index in [1.165, 1.54) is 16.8 Å². The number of anilines is 1. The molecule has 2 aromatic rings. The fraction of sp³-hybridized carbons (Fsp3) is 0.333. The molecule has 3 N–H and O–H groups in total. The average molecular weight is 280 g/mol. The van der Waals surface area contributed by atoms with Crippen molar-refractivity contribution in [3.63, 3.8) is 0 Å². The summed E-state index contributed by atoms with van der Waals surface area (Å²) in [4.78, 5) is 0. The van der Waals surface area contributed by atoms with Gasteiger partial charge in [0, 0.05) is 17.1 Å². The van der Waals surface area contributed by atoms with Gasteiger partial charge in [0.25, 0.3) is 0 Å². The zero-order valence-electron chi connectivity index (χ0n) is 11.9. The lowest BCUT2D eigenvalue weighted by molar-refractivity contribution is 0.199. The number of rotatable bonds is 2. The van der Waals surface area contributed by atoms with Crippen LogP contribution in [0.5, 0.6) is 0 Å². The van der Waals surface area contributed by atoms with E-state index in [9.17, 15) is 5.11 Å². The Morgan fingerprint density at radius 2 is 1.81 bits per heavy atom. The van der Waals surface area contributed by atoms with E-state index in [0.29, 0.717) is 0 Å². The van der Waals surface area contributed by atoms with Crippen molar-refractivity contribution in [3.8, 4) is 0 Å². The van der Waals surface area contributed by atoms with Crippen molar-refractivity contribution >= 4 is 5.69 Å². The average Bonchev–Trinajstić information content (AvgIpc) is 3.12. The van der Waals surface area contributed by atoms with E-state index >= 15 is 0 Å². The number of hydrogen-bond donors (Lipinski definition) is 3. The van der Waals surface area contributed by atoms with Gasteiger partial charge in [-0.05, 0) is 30.2 Å². The number of aliphatic hydroxyl groups is 1. The van der Waals surface area contributed by atoms with Gasteiger partial charge in [-0.1, -0.05) is 48.5 Å². The fourth-order valence-corrected chi connectivity index (χ4v) is 4.19. The molecule has 1 spiro atoms. The van der Waals surface area contributed by atoms with Crippen molar-refractivity contribution < 1.29 is 5.11 Å². The molecule has 0 amide bonds. The highest BCUT2D eigenvalue weighted by atomic mass is 16.3. The van der Waals surface area contributed by atoms with Crippen LogP contribution in [-0.4, -0.2) is 24.3 Å². The van der Waals surface area contributed by atoms with Gasteiger partial charge in [-0.25, -0.2) is 0 Å². The highest BCUT2D eigenvalue weighted by Gasteiger charge is 2.54. The lowest BCUT2D eigenvalue weighted by Gasteiger charge is -2.36. The quantitative estimate of drug-likeness (QED) is 0.792. The van der Waals surface area contributed by atoms with E-state index in [1.807, 2.05) is 0 Å². The fourth-order valence-electron chi connectivity index (χ4n) is 4.19. The van der Waals surface area contributed by atoms with Crippen molar-refractivity contribution in [1.82, 2.24) is 5.32 Å². The second kappa shape index (κ2) is 4.86. The number of hydrogen-bond acceptors (Lipinski definition) is 3. The maximum Gasteiger partial charge on any atom is 0.0627 e. The first-order valence-electron chi connectivity index (χ1n) is 7.61. The van der Waals surface area contributed by atoms with Gasteiger partial charge in [0.1, 0.15) is 0 Å². The molecule has 3 atom stereocenters. The third kappa shape index (κ3) is 1.74. The molecule has 0 bridgehead atoms. The Balaban J connectivity index is 1.89. The minimum atomic E-state index is -0.0628. The van der Waals surface area contributed by atoms with Gasteiger partial charge in [0.05, 0.1) is 12.6 Å². The molecule has 21 heavy (non-hydrogen) atoms. The van der Waals surface area contributed by atoms with Crippen LogP contribution in [0.25, 0.3) is 0 Å². The van der Waals surface area contributed by atoms with E-state index in [4.69, 9.17) is 0 Å². The first kappa shape index (κ1) is 12.9. The van der Waals surface area contributed by atoms with Crippen LogP contribution in [0.4, 0.5) is 5.69 Å². The van der Waals surface area contributed by atoms with E-state index in [1.54, 1.807) is 0 Å². The van der Waals surface area contributed by atoms with E-state index in [2.05, 4.69) is 65.2 Å². The molecular weight excluding hydrogens is 260 g/mol. The molecule has 108 valence electrons. The van der Waals surface area contributed by atoms with Crippen LogP contribution < -0.4 is 10.6 Å². The number of benzene rings is 2. The summed E-state index contributed by atoms with van der Waals surface area (Å²) < 4.78 is 0. The Morgan fingerprint density at radius 3 is 2.62 bits per heavy atom. The molecule has 0 aromatic heterocycles. The molecular formula is C18H20N2O. The SMILES string of the molecule is OC[C@@H]1NCC[C@@]12c1ccccc1N[C@H]2c1ccccc1. The molecule has 1 fully saturated rings. The highest BCUT2D eigenvalue weighted by molar-refractivity contribution is 5.65. The van der Waals surface area contributed by atoms with Gasteiger partial charge < -0.3 is 15.7 Å². The van der Waals surface area contributed by atoms with Gasteiger partial charge >= 0.3 is 0 Å². The monoisotopic (exact) mass is 280 g/mol. The first-order chi connectivity index (χ1) is 10.4. The van der Waals surface area contributed by atoms with Gasteiger partial charge in [0.15, 0.2) is 0 Å². The largest absolute Gasteiger partial charge is 0.395 e. The third-order valence-electron chi connectivity index (χ3n) is 5.11. The molecule has 2 aromatic carbocycles. The van der Waals surface area contributed by atoms with Crippen LogP contribution >= 0.6 is 0 Å². The van der Waals surface area contributed by atoms with E-state index in [0.717, 1.165) is 13.0 Å². The standard InChI is InChI=1S/C18H20N2O/c21-12-16-18(10-11-19-16)14-8-4-5-9-15(14)20-17(18)13-6-2-1-3-7-13/h1-9,16-17,19-21H,10-12H2/t16-,17-,18+/m0/s1. The Hall–Kier alpha value is -1.84. The second-order valence-corrected chi connectivity index (χ2v) is 6.01. The predicted molar refractivity (Wildman–Crippen MR) is 84.4 cm³/mol. The van der Waals surface area contributed by atoms with Crippen LogP contribution in [0.2, 0.25) is 0 Å². The van der Waals surface area contributed by atoms with Crippen molar-refractivity contribution in [3.05, 3.63) is 65.7 Å². The highest BCUT2D eigenvalue weighted by Crippen LogP contribution is 2.54. The molecule has 2 aliphatic rings. The molecule has 2 heterocycles. The van der Waals surface area contributed by atoms with Crippen LogP contribution in [0, 0.1) is 0 Å². The van der Waals surface area contributed by atoms with Gasteiger partial charge in [-0.3, -0.25) is 0 Å². The van der Waals surface area contributed by atoms with Crippen LogP contribution in [0.1, 0.15) is 23.6 Å². The van der Waals surface area contributed by atoms with Crippen molar-refractivity contribution in [2.45, 2.75) is 23.9 Å². The van der Waals surface area contributed by atoms with E-state index < -0.39 is 0 Å². The number of fused-ring (bicyclic) bond motifs is 2. The lowest BCUT2D eigenvalue weighted by Crippen LogP contribution is -2.46. The molecule has 1 saturated heterocycles. The number of aliphatic hydroxyl groups excluding tert-OH is 1. The van der Waals surface area contributed by atoms with Crippen molar-refractivity contribution in [1.29, 1.82) is 0 Å². The molecule has 4 rings (SSSR count). The second-order valence-electron chi connectivity index (χ2n) is 6.01. The molecule has 3 nitrogen and oxygen atoms in total. The summed E-state index contributed by atoms with van der Waals surface area (Å²) in [5, 5.41) is 17.1.